The summed E-state index contributed by atoms with van der Waals surface area (Å²) in [4.78, 5) is 52.4. The van der Waals surface area contributed by atoms with Gasteiger partial charge in [0.05, 0.1) is 31.7 Å². The average molecular weight is 545 g/mol. The van der Waals surface area contributed by atoms with Crippen molar-refractivity contribution in [2.24, 2.45) is 0 Å². The summed E-state index contributed by atoms with van der Waals surface area (Å²) < 4.78 is 13.1. The van der Waals surface area contributed by atoms with Gasteiger partial charge in [0.15, 0.2) is 11.5 Å². The first kappa shape index (κ1) is 28.2. The van der Waals surface area contributed by atoms with Crippen LogP contribution in [0.4, 0.5) is 0 Å². The van der Waals surface area contributed by atoms with Gasteiger partial charge in [-0.05, 0) is 35.7 Å². The van der Waals surface area contributed by atoms with Gasteiger partial charge in [0.2, 0.25) is 5.91 Å². The molecule has 0 aliphatic carbocycles. The van der Waals surface area contributed by atoms with Crippen LogP contribution in [-0.4, -0.2) is 41.7 Å². The van der Waals surface area contributed by atoms with Crippen LogP contribution in [0.1, 0.15) is 34.8 Å². The van der Waals surface area contributed by atoms with E-state index >= 15 is 0 Å². The average Bonchev–Trinajstić information content (AvgIpc) is 2.99. The van der Waals surface area contributed by atoms with E-state index < -0.39 is 17.2 Å². The van der Waals surface area contributed by atoms with Crippen LogP contribution in [0.2, 0.25) is 0 Å². The van der Waals surface area contributed by atoms with E-state index in [2.05, 4.69) is 10.6 Å². The predicted molar refractivity (Wildman–Crippen MR) is 152 cm³/mol. The topological polar surface area (TPSA) is 121 Å². The molecule has 0 spiro atoms. The van der Waals surface area contributed by atoms with E-state index in [0.717, 1.165) is 16.6 Å². The Kier molecular flexibility index (Phi) is 9.00. The number of aromatic nitrogens is 2. The molecule has 0 radical (unpaired) electrons. The number of methoxy groups -OCH3 is 2. The molecule has 4 rings (SSSR count). The van der Waals surface area contributed by atoms with Gasteiger partial charge in [-0.15, -0.1) is 0 Å². The van der Waals surface area contributed by atoms with Gasteiger partial charge in [-0.25, -0.2) is 4.79 Å². The van der Waals surface area contributed by atoms with Crippen molar-refractivity contribution in [2.45, 2.75) is 33.0 Å². The predicted octanol–water partition coefficient (Wildman–Crippen LogP) is 2.68. The van der Waals surface area contributed by atoms with E-state index in [4.69, 9.17) is 9.47 Å². The molecule has 0 saturated heterocycles. The number of nitrogens with zero attached hydrogens (tertiary/aromatic N) is 2. The largest absolute Gasteiger partial charge is 0.493 e. The minimum atomic E-state index is -0.649. The highest BCUT2D eigenvalue weighted by molar-refractivity contribution is 5.94. The molecule has 2 N–H and O–H groups in total. The standard InChI is InChI=1S/C30H32N4O6/c1-4-14-31-28(36)22-12-10-21(11-13-22)18-34-29(37)23-15-25(39-2)26(40-3)16-24(23)33(30(34)38)19-27(35)32-17-20-8-6-5-7-9-20/h5-13,15-16H,4,14,17-19H2,1-3H3,(H,31,36)(H,32,35). The maximum atomic E-state index is 13.7. The molecule has 1 heterocycles. The lowest BCUT2D eigenvalue weighted by molar-refractivity contribution is -0.121. The van der Waals surface area contributed by atoms with E-state index in [1.165, 1.54) is 30.9 Å². The van der Waals surface area contributed by atoms with Crippen molar-refractivity contribution in [3.63, 3.8) is 0 Å². The molecule has 1 aromatic heterocycles. The third-order valence-electron chi connectivity index (χ3n) is 6.46. The van der Waals surface area contributed by atoms with Crippen molar-refractivity contribution in [3.05, 3.63) is 104 Å². The van der Waals surface area contributed by atoms with Gasteiger partial charge < -0.3 is 20.1 Å². The molecular formula is C30H32N4O6. The fourth-order valence-electron chi connectivity index (χ4n) is 4.32. The Bertz CT molecular complexity index is 1630. The molecule has 2 amide bonds. The minimum absolute atomic E-state index is 0.0511. The third-order valence-corrected chi connectivity index (χ3v) is 6.46. The first-order valence-electron chi connectivity index (χ1n) is 12.9. The van der Waals surface area contributed by atoms with Crippen molar-refractivity contribution in [1.29, 1.82) is 0 Å². The molecule has 208 valence electrons. The highest BCUT2D eigenvalue weighted by atomic mass is 16.5. The van der Waals surface area contributed by atoms with Gasteiger partial charge in [-0.2, -0.15) is 0 Å². The highest BCUT2D eigenvalue weighted by Gasteiger charge is 2.19. The van der Waals surface area contributed by atoms with Crippen LogP contribution in [0.3, 0.4) is 0 Å². The molecule has 0 unspecified atom stereocenters. The Morgan fingerprint density at radius 3 is 2.15 bits per heavy atom. The SMILES string of the molecule is CCCNC(=O)c1ccc(Cn2c(=O)c3cc(OC)c(OC)cc3n(CC(=O)NCc3ccccc3)c2=O)cc1. The lowest BCUT2D eigenvalue weighted by Gasteiger charge is -2.16. The molecule has 0 aliphatic heterocycles. The van der Waals surface area contributed by atoms with E-state index in [1.807, 2.05) is 37.3 Å². The second-order valence-electron chi connectivity index (χ2n) is 9.20. The van der Waals surface area contributed by atoms with Crippen LogP contribution in [-0.2, 0) is 24.4 Å². The summed E-state index contributed by atoms with van der Waals surface area (Å²) in [6, 6.07) is 19.1. The zero-order valence-electron chi connectivity index (χ0n) is 22.7. The second kappa shape index (κ2) is 12.8. The van der Waals surface area contributed by atoms with Crippen LogP contribution in [0.15, 0.2) is 76.3 Å². The monoisotopic (exact) mass is 544 g/mol. The maximum absolute atomic E-state index is 13.7. The molecule has 4 aromatic rings. The number of amides is 2. The molecule has 0 aliphatic rings. The number of carbonyl (C=O) groups is 2. The van der Waals surface area contributed by atoms with Gasteiger partial charge in [-0.1, -0.05) is 49.4 Å². The van der Waals surface area contributed by atoms with Crippen LogP contribution in [0, 0.1) is 0 Å². The van der Waals surface area contributed by atoms with Gasteiger partial charge >= 0.3 is 5.69 Å². The Balaban J connectivity index is 1.72. The number of hydrogen-bond donors (Lipinski definition) is 2. The van der Waals surface area contributed by atoms with Crippen LogP contribution >= 0.6 is 0 Å². The molecule has 0 bridgehead atoms. The smallest absolute Gasteiger partial charge is 0.332 e. The molecule has 10 nitrogen and oxygen atoms in total. The van der Waals surface area contributed by atoms with Crippen LogP contribution in [0.25, 0.3) is 10.9 Å². The first-order chi connectivity index (χ1) is 19.4. The number of ether oxygens (including phenoxy) is 2. The van der Waals surface area contributed by atoms with E-state index in [1.54, 1.807) is 24.3 Å². The second-order valence-corrected chi connectivity index (χ2v) is 9.20. The lowest BCUT2D eigenvalue weighted by atomic mass is 10.1. The summed E-state index contributed by atoms with van der Waals surface area (Å²) >= 11 is 0. The summed E-state index contributed by atoms with van der Waals surface area (Å²) in [5.41, 5.74) is 1.10. The Morgan fingerprint density at radius 2 is 1.50 bits per heavy atom. The van der Waals surface area contributed by atoms with Gasteiger partial charge in [-0.3, -0.25) is 23.5 Å². The summed E-state index contributed by atoms with van der Waals surface area (Å²) in [6.45, 7) is 2.47. The van der Waals surface area contributed by atoms with Crippen molar-refractivity contribution in [1.82, 2.24) is 19.8 Å². The molecular weight excluding hydrogens is 512 g/mol. The quantitative estimate of drug-likeness (QED) is 0.300. The molecule has 0 saturated carbocycles. The normalized spacial score (nSPS) is 10.8. The molecule has 0 fully saturated rings. The van der Waals surface area contributed by atoms with Crippen LogP contribution < -0.4 is 31.4 Å². The number of hydrogen-bond acceptors (Lipinski definition) is 6. The summed E-state index contributed by atoms with van der Waals surface area (Å²) in [7, 11) is 2.90. The Hall–Kier alpha value is -4.86. The van der Waals surface area contributed by atoms with Gasteiger partial charge in [0.25, 0.3) is 11.5 Å². The number of fused-ring (bicyclic) bond motifs is 1. The van der Waals surface area contributed by atoms with Crippen molar-refractivity contribution >= 4 is 22.7 Å². The lowest BCUT2D eigenvalue weighted by Crippen LogP contribution is -2.42. The van der Waals surface area contributed by atoms with Crippen molar-refractivity contribution < 1.29 is 19.1 Å². The molecule has 40 heavy (non-hydrogen) atoms. The number of benzene rings is 3. The Morgan fingerprint density at radius 1 is 0.825 bits per heavy atom. The van der Waals surface area contributed by atoms with E-state index in [9.17, 15) is 19.2 Å². The Labute approximate surface area is 231 Å². The van der Waals surface area contributed by atoms with Gasteiger partial charge in [0.1, 0.15) is 6.54 Å². The number of carbonyl (C=O) groups excluding carboxylic acids is 2. The zero-order valence-corrected chi connectivity index (χ0v) is 22.7. The fourth-order valence-corrected chi connectivity index (χ4v) is 4.32. The number of nitrogens with one attached hydrogen (secondary N) is 2. The molecule has 0 atom stereocenters. The van der Waals surface area contributed by atoms with E-state index in [-0.39, 0.29) is 29.9 Å². The fraction of sp³-hybridized carbons (Fsp3) is 0.267. The van der Waals surface area contributed by atoms with Crippen molar-refractivity contribution in [2.75, 3.05) is 20.8 Å². The zero-order chi connectivity index (χ0) is 28.6. The van der Waals surface area contributed by atoms with Gasteiger partial charge in [0, 0.05) is 24.7 Å². The third kappa shape index (κ3) is 6.23. The van der Waals surface area contributed by atoms with Crippen LogP contribution in [0.5, 0.6) is 11.5 Å². The number of rotatable bonds is 11. The summed E-state index contributed by atoms with van der Waals surface area (Å²) in [6.07, 6.45) is 0.821. The maximum Gasteiger partial charge on any atom is 0.332 e. The minimum Gasteiger partial charge on any atom is -0.493 e. The summed E-state index contributed by atoms with van der Waals surface area (Å²) in [5.74, 6) is 0.0534. The molecule has 10 heteroatoms. The molecule has 3 aromatic carbocycles. The van der Waals surface area contributed by atoms with E-state index in [0.29, 0.717) is 35.7 Å². The van der Waals surface area contributed by atoms with Crippen molar-refractivity contribution in [3.8, 4) is 11.5 Å². The highest BCUT2D eigenvalue weighted by Crippen LogP contribution is 2.30. The first-order valence-corrected chi connectivity index (χ1v) is 12.9. The summed E-state index contributed by atoms with van der Waals surface area (Å²) in [5, 5.41) is 5.84.